The number of phenolic OH excluding ortho intramolecular Hbond substituents is 2. The van der Waals surface area contributed by atoms with Crippen LogP contribution in [-0.2, 0) is 94.3 Å². The van der Waals surface area contributed by atoms with E-state index in [9.17, 15) is 107 Å². The summed E-state index contributed by atoms with van der Waals surface area (Å²) in [5.41, 5.74) is 29.4. The molecule has 0 fully saturated rings. The second kappa shape index (κ2) is 53.9. The van der Waals surface area contributed by atoms with E-state index in [1.165, 1.54) is 48.5 Å². The van der Waals surface area contributed by atoms with E-state index < -0.39 is 248 Å². The lowest BCUT2D eigenvalue weighted by atomic mass is 9.97. The molecule has 0 aliphatic carbocycles. The molecule has 14 atom stereocenters. The molecule has 0 saturated heterocycles. The van der Waals surface area contributed by atoms with Gasteiger partial charge in [-0.25, -0.2) is 0 Å². The molecule has 0 aliphatic heterocycles. The van der Waals surface area contributed by atoms with Crippen molar-refractivity contribution in [2.45, 2.75) is 244 Å². The number of primary amides is 1. The standard InChI is InChI=1S/C77H125N19O22/c1-10-43(8)64(96-71(112)51(19-13-16-34-80)88-70(111)53(29-31-60(105)106)89-74(115)62(41(4)5)94-67(108)49(81)17-11-14-32-78)73(114)85-37-56(100)86-52(28-30-59(103)104)68(109)83-39-58(102)93-65(44(9)97)77(118)90-54(35-45-20-24-47(98)25-21-45)69(110)84-38-57(101)92-61(40(2)3)76(117)95-63(42(6)7)75(116)91-55(36-46-22-26-48(99)27-23-46)72(113)87-50(66(82)107)18-12-15-33-79/h20-27,40-44,49-55,61-65,97-99H,10-19,28-39,78-81H2,1-9H3,(H2,82,107)(H,83,109)(H,84,110)(H,85,114)(H,86,100)(H,87,113)(H,88,111)(H,89,115)(H,90,118)(H,91,116)(H,92,101)(H,93,102)(H,94,108)(H,95,117)(H,96,112)(H,103,104)(H,105,106)/t43-,44+,49-,50-,51-,52-,53-,54-,55-,61-,62-,63-,64-,65-/m0/s1. The SMILES string of the molecule is CC[C@H](C)[C@H](NC(=O)[C@H](CCCCN)NC(=O)[C@H](CCC(=O)O)NC(=O)[C@@H](NC(=O)[C@@H](N)CCCCN)C(C)C)C(=O)NCC(=O)N[C@@H](CCC(=O)O)C(=O)NCC(=O)N[C@H](C(=O)N[C@@H](Cc1ccc(O)cc1)C(=O)NCC(=O)N[C@H](C(=O)N[C@H](C(=O)N[C@@H](Cc1ccc(O)cc1)C(=O)N[C@@H](CCCCN)C(N)=O)C(C)C)C(C)C)[C@@H](C)O. The third kappa shape index (κ3) is 38.7. The number of aromatic hydroxyl groups is 2. The van der Waals surface area contributed by atoms with Crippen LogP contribution >= 0.6 is 0 Å². The minimum atomic E-state index is -1.88. The number of hydrogen-bond donors (Lipinski definition) is 24. The Kier molecular flexibility index (Phi) is 47.0. The molecule has 15 amide bonds. The molecule has 29 N–H and O–H groups in total. The molecule has 660 valence electrons. The molecule has 2 aromatic rings. The summed E-state index contributed by atoms with van der Waals surface area (Å²) in [6, 6.07) is -5.89. The van der Waals surface area contributed by atoms with Crippen molar-refractivity contribution >= 4 is 101 Å². The number of aliphatic hydroxyl groups is 1. The second-order valence-corrected chi connectivity index (χ2v) is 30.0. The van der Waals surface area contributed by atoms with E-state index in [1.807, 2.05) is 0 Å². The summed E-state index contributed by atoms with van der Waals surface area (Å²) in [5, 5.41) is 84.4. The number of nitrogens with one attached hydrogen (secondary N) is 14. The van der Waals surface area contributed by atoms with Gasteiger partial charge in [-0.15, -0.1) is 0 Å². The van der Waals surface area contributed by atoms with E-state index >= 15 is 0 Å². The van der Waals surface area contributed by atoms with Crippen LogP contribution in [0.25, 0.3) is 0 Å². The van der Waals surface area contributed by atoms with E-state index in [0.717, 1.165) is 6.92 Å². The number of phenols is 2. The Labute approximate surface area is 685 Å². The van der Waals surface area contributed by atoms with Gasteiger partial charge in [0.2, 0.25) is 88.6 Å². The number of nitrogens with two attached hydrogens (primary N) is 5. The zero-order valence-corrected chi connectivity index (χ0v) is 68.6. The van der Waals surface area contributed by atoms with Crippen LogP contribution in [0.5, 0.6) is 11.5 Å². The molecule has 0 aromatic heterocycles. The molecule has 0 bridgehead atoms. The number of carbonyl (C=O) groups excluding carboxylic acids is 15. The first-order chi connectivity index (χ1) is 55.6. The van der Waals surface area contributed by atoms with Gasteiger partial charge in [0, 0.05) is 25.7 Å². The summed E-state index contributed by atoms with van der Waals surface area (Å²) in [6.07, 6.45) is -1.26. The van der Waals surface area contributed by atoms with Crippen LogP contribution in [0.2, 0.25) is 0 Å². The van der Waals surface area contributed by atoms with Crippen molar-refractivity contribution in [3.05, 3.63) is 59.7 Å². The molecule has 0 heterocycles. The van der Waals surface area contributed by atoms with Gasteiger partial charge in [0.25, 0.3) is 0 Å². The third-order valence-corrected chi connectivity index (χ3v) is 19.0. The number of amides is 15. The fraction of sp³-hybridized carbons (Fsp3) is 0.623. The zero-order chi connectivity index (χ0) is 89.1. The molecular weight excluding hydrogens is 1540 g/mol. The number of benzene rings is 2. The largest absolute Gasteiger partial charge is 0.508 e. The van der Waals surface area contributed by atoms with Crippen LogP contribution in [-0.4, -0.2) is 244 Å². The second-order valence-electron chi connectivity index (χ2n) is 30.0. The number of carbonyl (C=O) groups is 17. The van der Waals surface area contributed by atoms with Gasteiger partial charge >= 0.3 is 11.9 Å². The average Bonchev–Trinajstić information content (AvgIpc) is 0.853. The molecule has 2 aromatic carbocycles. The first-order valence-electron chi connectivity index (χ1n) is 39.5. The van der Waals surface area contributed by atoms with E-state index in [4.69, 9.17) is 28.7 Å². The van der Waals surface area contributed by atoms with Gasteiger partial charge < -0.3 is 129 Å². The number of aliphatic carboxylic acids is 2. The predicted molar refractivity (Wildman–Crippen MR) is 429 cm³/mol. The lowest BCUT2D eigenvalue weighted by Crippen LogP contribution is -2.61. The van der Waals surface area contributed by atoms with Gasteiger partial charge in [-0.2, -0.15) is 0 Å². The molecular formula is C77H125N19O22. The lowest BCUT2D eigenvalue weighted by Gasteiger charge is -2.29. The molecule has 41 heteroatoms. The number of unbranched alkanes of at least 4 members (excludes halogenated alkanes) is 3. The maximum atomic E-state index is 14.2. The van der Waals surface area contributed by atoms with Gasteiger partial charge in [-0.3, -0.25) is 81.5 Å². The van der Waals surface area contributed by atoms with Crippen molar-refractivity contribution < 1.29 is 107 Å². The van der Waals surface area contributed by atoms with E-state index in [1.54, 1.807) is 55.4 Å². The van der Waals surface area contributed by atoms with Gasteiger partial charge in [-0.05, 0) is 150 Å². The predicted octanol–water partition coefficient (Wildman–Crippen LogP) is -5.11. The molecule has 118 heavy (non-hydrogen) atoms. The highest BCUT2D eigenvalue weighted by Crippen LogP contribution is 2.18. The third-order valence-electron chi connectivity index (χ3n) is 19.0. The fourth-order valence-electron chi connectivity index (χ4n) is 11.8. The van der Waals surface area contributed by atoms with Crippen molar-refractivity contribution in [2.24, 2.45) is 52.3 Å². The summed E-state index contributed by atoms with van der Waals surface area (Å²) in [5.74, 6) is -19.7. The van der Waals surface area contributed by atoms with E-state index in [-0.39, 0.29) is 63.0 Å². The van der Waals surface area contributed by atoms with Gasteiger partial charge in [0.1, 0.15) is 78.0 Å². The smallest absolute Gasteiger partial charge is 0.303 e. The molecule has 0 saturated carbocycles. The Balaban J connectivity index is 2.29. The summed E-state index contributed by atoms with van der Waals surface area (Å²) in [6.45, 7) is 12.1. The van der Waals surface area contributed by atoms with Crippen LogP contribution in [0.4, 0.5) is 0 Å². The van der Waals surface area contributed by atoms with Crippen LogP contribution in [0.1, 0.15) is 163 Å². The normalized spacial score (nSPS) is 14.8. The fourth-order valence-corrected chi connectivity index (χ4v) is 11.8. The number of carboxylic acids is 2. The number of hydrogen-bond acceptors (Lipinski definition) is 24. The van der Waals surface area contributed by atoms with Crippen LogP contribution in [0.3, 0.4) is 0 Å². The summed E-state index contributed by atoms with van der Waals surface area (Å²) in [7, 11) is 0. The van der Waals surface area contributed by atoms with Gasteiger partial charge in [0.15, 0.2) is 0 Å². The van der Waals surface area contributed by atoms with Crippen LogP contribution in [0.15, 0.2) is 48.5 Å². The number of carboxylic acid groups (broad SMARTS) is 2. The van der Waals surface area contributed by atoms with E-state index in [0.29, 0.717) is 56.3 Å². The molecule has 41 nitrogen and oxygen atoms in total. The van der Waals surface area contributed by atoms with Crippen molar-refractivity contribution in [1.29, 1.82) is 0 Å². The molecule has 0 unspecified atom stereocenters. The number of aliphatic hydroxyl groups excluding tert-OH is 1. The van der Waals surface area contributed by atoms with E-state index in [2.05, 4.69) is 74.4 Å². The maximum Gasteiger partial charge on any atom is 0.303 e. The van der Waals surface area contributed by atoms with Crippen molar-refractivity contribution in [3.63, 3.8) is 0 Å². The number of rotatable bonds is 57. The molecule has 0 radical (unpaired) electrons. The Morgan fingerprint density at radius 1 is 0.347 bits per heavy atom. The Morgan fingerprint density at radius 2 is 0.661 bits per heavy atom. The van der Waals surface area contributed by atoms with Crippen LogP contribution in [0, 0.1) is 23.7 Å². The van der Waals surface area contributed by atoms with Crippen molar-refractivity contribution in [1.82, 2.24) is 74.4 Å². The Bertz CT molecular complexity index is 3660. The quantitative estimate of drug-likeness (QED) is 0.0276. The first kappa shape index (κ1) is 103. The summed E-state index contributed by atoms with van der Waals surface area (Å²) < 4.78 is 0. The zero-order valence-electron chi connectivity index (χ0n) is 68.6. The average molecular weight is 1670 g/mol. The van der Waals surface area contributed by atoms with Gasteiger partial charge in [-0.1, -0.05) is 92.5 Å². The van der Waals surface area contributed by atoms with Gasteiger partial charge in [0.05, 0.1) is 31.8 Å². The molecule has 0 spiro atoms. The monoisotopic (exact) mass is 1670 g/mol. The Hall–Kier alpha value is -11.2. The van der Waals surface area contributed by atoms with Crippen molar-refractivity contribution in [2.75, 3.05) is 39.3 Å². The molecule has 0 aliphatic rings. The summed E-state index contributed by atoms with van der Waals surface area (Å²) >= 11 is 0. The summed E-state index contributed by atoms with van der Waals surface area (Å²) in [4.78, 5) is 230. The first-order valence-corrected chi connectivity index (χ1v) is 39.5. The Morgan fingerprint density at radius 3 is 1.08 bits per heavy atom. The lowest BCUT2D eigenvalue weighted by molar-refractivity contribution is -0.139. The molecule has 2 rings (SSSR count). The minimum absolute atomic E-state index is 0.0710. The highest BCUT2D eigenvalue weighted by atomic mass is 16.4. The topological polar surface area (TPSA) is 690 Å². The highest BCUT2D eigenvalue weighted by Gasteiger charge is 2.38. The van der Waals surface area contributed by atoms with Crippen LogP contribution < -0.4 is 103 Å². The highest BCUT2D eigenvalue weighted by molar-refractivity contribution is 6.00. The maximum absolute atomic E-state index is 14.2. The van der Waals surface area contributed by atoms with Crippen molar-refractivity contribution in [3.8, 4) is 11.5 Å². The minimum Gasteiger partial charge on any atom is -0.508 e.